The Morgan fingerprint density at radius 1 is 0.655 bits per heavy atom. The Kier molecular flexibility index (Phi) is 14.1. The standard InChI is InChI=1S/C21H44N.F6P/c1-6-8-10-12-14-16-18-22(5,20-21(3)4)19-17-15-13-11-9-7-2;1-7(2,3,4,5)6/h3,6-20H2,1-2,4-5H3;/q+1;-1. The molecule has 0 unspecified atom stereocenters. The number of quaternary nitrogens is 1. The summed E-state index contributed by atoms with van der Waals surface area (Å²) in [5.74, 6) is 0. The van der Waals surface area contributed by atoms with Crippen LogP contribution in [-0.2, 0) is 0 Å². The van der Waals surface area contributed by atoms with E-state index in [1.165, 1.54) is 107 Å². The van der Waals surface area contributed by atoms with Crippen molar-refractivity contribution in [3.05, 3.63) is 12.2 Å². The topological polar surface area (TPSA) is 0 Å². The number of unbranched alkanes of at least 4 members (excludes halogenated alkanes) is 10. The van der Waals surface area contributed by atoms with Gasteiger partial charge in [-0.25, -0.2) is 0 Å². The van der Waals surface area contributed by atoms with Gasteiger partial charge in [0.05, 0.1) is 26.7 Å². The molecule has 1 nitrogen and oxygen atoms in total. The van der Waals surface area contributed by atoms with Gasteiger partial charge in [-0.1, -0.05) is 71.8 Å². The van der Waals surface area contributed by atoms with Crippen molar-refractivity contribution in [3.8, 4) is 0 Å². The van der Waals surface area contributed by atoms with Crippen LogP contribution in [0.5, 0.6) is 0 Å². The Balaban J connectivity index is 0. The zero-order valence-electron chi connectivity index (χ0n) is 19.0. The summed E-state index contributed by atoms with van der Waals surface area (Å²) < 4.78 is 60.4. The molecule has 0 atom stereocenters. The van der Waals surface area contributed by atoms with Crippen molar-refractivity contribution in [1.82, 2.24) is 0 Å². The van der Waals surface area contributed by atoms with Crippen molar-refractivity contribution in [1.29, 1.82) is 0 Å². The maximum absolute atomic E-state index is 10.7. The van der Waals surface area contributed by atoms with Gasteiger partial charge in [0.1, 0.15) is 0 Å². The molecule has 0 N–H and O–H groups in total. The molecule has 0 amide bonds. The summed E-state index contributed by atoms with van der Waals surface area (Å²) in [6.07, 6.45) is 16.9. The number of halogens is 6. The van der Waals surface area contributed by atoms with E-state index < -0.39 is 7.81 Å². The summed E-state index contributed by atoms with van der Waals surface area (Å²) in [5, 5.41) is 0. The van der Waals surface area contributed by atoms with Crippen molar-refractivity contribution in [2.75, 3.05) is 26.7 Å². The molecule has 0 heterocycles. The zero-order valence-corrected chi connectivity index (χ0v) is 19.9. The molecule has 0 fully saturated rings. The van der Waals surface area contributed by atoms with Gasteiger partial charge in [0, 0.05) is 0 Å². The number of nitrogens with zero attached hydrogens (tertiary/aromatic N) is 1. The van der Waals surface area contributed by atoms with Crippen molar-refractivity contribution < 1.29 is 29.7 Å². The van der Waals surface area contributed by atoms with Crippen molar-refractivity contribution in [2.24, 2.45) is 0 Å². The van der Waals surface area contributed by atoms with E-state index in [2.05, 4.69) is 34.4 Å². The SMILES string of the molecule is C=C(C)C[N+](C)(CCCCCCCC)CCCCCCCC.F[P-](F)(F)(F)(F)F. The van der Waals surface area contributed by atoms with E-state index in [-0.39, 0.29) is 0 Å². The predicted octanol–water partition coefficient (Wildman–Crippen LogP) is 10.1. The summed E-state index contributed by atoms with van der Waals surface area (Å²) in [7, 11) is -8.21. The van der Waals surface area contributed by atoms with Gasteiger partial charge in [0.25, 0.3) is 0 Å². The van der Waals surface area contributed by atoms with Crippen LogP contribution in [0.15, 0.2) is 12.2 Å². The van der Waals surface area contributed by atoms with Gasteiger partial charge in [0.2, 0.25) is 0 Å². The summed E-state index contributed by atoms with van der Waals surface area (Å²) in [6, 6.07) is 0. The van der Waals surface area contributed by atoms with Crippen LogP contribution in [0.4, 0.5) is 25.2 Å². The first kappa shape index (κ1) is 30.9. The average molecular weight is 456 g/mol. The molecule has 0 aromatic carbocycles. The molecule has 0 spiro atoms. The second kappa shape index (κ2) is 13.2. The number of hydrogen-bond donors (Lipinski definition) is 0. The molecule has 0 rings (SSSR count). The van der Waals surface area contributed by atoms with Crippen molar-refractivity contribution in [2.45, 2.75) is 97.8 Å². The second-order valence-corrected chi connectivity index (χ2v) is 10.6. The molecule has 8 heteroatoms. The van der Waals surface area contributed by atoms with Crippen LogP contribution in [0.2, 0.25) is 0 Å². The molecule has 29 heavy (non-hydrogen) atoms. The van der Waals surface area contributed by atoms with Crippen molar-refractivity contribution >= 4 is 7.81 Å². The molecule has 0 aromatic rings. The third-order valence-corrected chi connectivity index (χ3v) is 4.75. The summed E-state index contributed by atoms with van der Waals surface area (Å²) in [6.45, 7) is 14.8. The second-order valence-electron chi connectivity index (χ2n) is 8.68. The minimum atomic E-state index is -10.7. The molecule has 0 saturated heterocycles. The van der Waals surface area contributed by atoms with Crippen LogP contribution in [-0.4, -0.2) is 31.2 Å². The summed E-state index contributed by atoms with van der Waals surface area (Å²) in [4.78, 5) is 0. The molecule has 0 aliphatic rings. The fourth-order valence-electron chi connectivity index (χ4n) is 3.47. The predicted molar refractivity (Wildman–Crippen MR) is 116 cm³/mol. The molecule has 0 aliphatic heterocycles. The fraction of sp³-hybridized carbons (Fsp3) is 0.905. The molecule has 180 valence electrons. The van der Waals surface area contributed by atoms with Gasteiger partial charge in [-0.15, -0.1) is 0 Å². The third-order valence-electron chi connectivity index (χ3n) is 4.75. The molecule has 0 aromatic heterocycles. The Labute approximate surface area is 174 Å². The minimum absolute atomic E-state index is 1.17. The normalized spacial score (nSPS) is 14.6. The Morgan fingerprint density at radius 2 is 0.931 bits per heavy atom. The van der Waals surface area contributed by atoms with Gasteiger partial charge in [-0.3, -0.25) is 0 Å². The van der Waals surface area contributed by atoms with E-state index in [1.807, 2.05) is 0 Å². The van der Waals surface area contributed by atoms with Gasteiger partial charge in [-0.2, -0.15) is 0 Å². The van der Waals surface area contributed by atoms with Crippen LogP contribution >= 0.6 is 7.81 Å². The Morgan fingerprint density at radius 3 is 1.21 bits per heavy atom. The van der Waals surface area contributed by atoms with Crippen LogP contribution in [0.25, 0.3) is 0 Å². The van der Waals surface area contributed by atoms with E-state index in [4.69, 9.17) is 0 Å². The van der Waals surface area contributed by atoms with E-state index >= 15 is 0 Å². The number of likely N-dealkylation sites (N-methyl/N-ethyl adjacent to an activating group) is 1. The third kappa shape index (κ3) is 35.5. The molecular formula is C21H44F6NP. The summed E-state index contributed by atoms with van der Waals surface area (Å²) in [5.41, 5.74) is 1.35. The van der Waals surface area contributed by atoms with Gasteiger partial charge in [0.15, 0.2) is 0 Å². The molecule has 0 saturated carbocycles. The number of rotatable bonds is 16. The first-order valence-corrected chi connectivity index (χ1v) is 13.1. The Hall–Kier alpha value is -0.290. The van der Waals surface area contributed by atoms with Crippen LogP contribution in [0, 0.1) is 0 Å². The molecule has 0 aliphatic carbocycles. The first-order chi connectivity index (χ1) is 13.0. The average Bonchev–Trinajstić information content (AvgIpc) is 2.50. The van der Waals surface area contributed by atoms with Crippen LogP contribution < -0.4 is 0 Å². The van der Waals surface area contributed by atoms with Crippen LogP contribution in [0.1, 0.15) is 97.8 Å². The molecule has 0 bridgehead atoms. The van der Waals surface area contributed by atoms with Gasteiger partial charge >= 0.3 is 33.0 Å². The zero-order chi connectivity index (χ0) is 23.1. The van der Waals surface area contributed by atoms with E-state index in [0.717, 1.165) is 0 Å². The molecule has 0 radical (unpaired) electrons. The quantitative estimate of drug-likeness (QED) is 0.0714. The van der Waals surface area contributed by atoms with E-state index in [9.17, 15) is 25.2 Å². The number of hydrogen-bond acceptors (Lipinski definition) is 0. The van der Waals surface area contributed by atoms with Gasteiger partial charge < -0.3 is 4.48 Å². The van der Waals surface area contributed by atoms with Crippen LogP contribution in [0.3, 0.4) is 0 Å². The monoisotopic (exact) mass is 455 g/mol. The van der Waals surface area contributed by atoms with Crippen molar-refractivity contribution in [3.63, 3.8) is 0 Å². The van der Waals surface area contributed by atoms with E-state index in [0.29, 0.717) is 0 Å². The molecular weight excluding hydrogens is 411 g/mol. The summed E-state index contributed by atoms with van der Waals surface area (Å²) >= 11 is 0. The Bertz CT molecular complexity index is 405. The van der Waals surface area contributed by atoms with Gasteiger partial charge in [-0.05, 0) is 38.2 Å². The van der Waals surface area contributed by atoms with E-state index in [1.54, 1.807) is 0 Å². The first-order valence-electron chi connectivity index (χ1n) is 11.0. The maximum atomic E-state index is 9.87. The fourth-order valence-corrected chi connectivity index (χ4v) is 3.47.